The molecule has 2 nitrogen and oxygen atoms in total. The molecule has 0 bridgehead atoms. The number of nitrogens with zero attached hydrogens (tertiary/aromatic N) is 1. The molecule has 68 valence electrons. The standard InChI is InChI=1S/C11H14N2/c12-9-5-6-13-10-4-2-1-3-8(10)7-11(9)13/h1-4,9,11H,5-7,12H2. The SMILES string of the molecule is NC1CCN2c3ccccc3CC12. The van der Waals surface area contributed by atoms with Gasteiger partial charge in [0.15, 0.2) is 0 Å². The summed E-state index contributed by atoms with van der Waals surface area (Å²) in [5, 5.41) is 0. The highest BCUT2D eigenvalue weighted by Crippen LogP contribution is 2.36. The van der Waals surface area contributed by atoms with Crippen molar-refractivity contribution in [1.29, 1.82) is 0 Å². The van der Waals surface area contributed by atoms with E-state index in [0.717, 1.165) is 19.4 Å². The minimum Gasteiger partial charge on any atom is -0.366 e. The van der Waals surface area contributed by atoms with Gasteiger partial charge in [-0.3, -0.25) is 0 Å². The van der Waals surface area contributed by atoms with Crippen LogP contribution < -0.4 is 10.6 Å². The minimum atomic E-state index is 0.382. The van der Waals surface area contributed by atoms with E-state index in [0.29, 0.717) is 12.1 Å². The monoisotopic (exact) mass is 174 g/mol. The summed E-state index contributed by atoms with van der Waals surface area (Å²) < 4.78 is 0. The van der Waals surface area contributed by atoms with Gasteiger partial charge in [-0.25, -0.2) is 0 Å². The first-order chi connectivity index (χ1) is 6.36. The van der Waals surface area contributed by atoms with Crippen molar-refractivity contribution in [3.05, 3.63) is 29.8 Å². The van der Waals surface area contributed by atoms with Gasteiger partial charge in [-0.1, -0.05) is 18.2 Å². The molecule has 2 N–H and O–H groups in total. The Balaban J connectivity index is 2.05. The summed E-state index contributed by atoms with van der Waals surface area (Å²) in [6.07, 6.45) is 2.30. The Morgan fingerprint density at radius 1 is 1.31 bits per heavy atom. The van der Waals surface area contributed by atoms with E-state index in [2.05, 4.69) is 29.2 Å². The molecule has 2 atom stereocenters. The summed E-state index contributed by atoms with van der Waals surface area (Å²) in [4.78, 5) is 2.47. The van der Waals surface area contributed by atoms with Crippen molar-refractivity contribution in [3.8, 4) is 0 Å². The van der Waals surface area contributed by atoms with Crippen LogP contribution in [0.4, 0.5) is 5.69 Å². The van der Waals surface area contributed by atoms with Crippen molar-refractivity contribution in [2.24, 2.45) is 5.73 Å². The number of rotatable bonds is 0. The molecule has 0 aromatic heterocycles. The molecule has 0 saturated carbocycles. The Bertz CT molecular complexity index is 335. The third kappa shape index (κ3) is 0.923. The second kappa shape index (κ2) is 2.48. The van der Waals surface area contributed by atoms with Gasteiger partial charge < -0.3 is 10.6 Å². The Hall–Kier alpha value is -1.02. The first kappa shape index (κ1) is 7.39. The smallest absolute Gasteiger partial charge is 0.0482 e. The van der Waals surface area contributed by atoms with Crippen LogP contribution in [0.25, 0.3) is 0 Å². The van der Waals surface area contributed by atoms with Crippen molar-refractivity contribution in [2.45, 2.75) is 24.9 Å². The van der Waals surface area contributed by atoms with Crippen LogP contribution in [0.15, 0.2) is 24.3 Å². The Morgan fingerprint density at radius 3 is 3.08 bits per heavy atom. The van der Waals surface area contributed by atoms with Gasteiger partial charge in [0.1, 0.15) is 0 Å². The summed E-state index contributed by atoms with van der Waals surface area (Å²) in [5.41, 5.74) is 8.95. The molecule has 2 heterocycles. The van der Waals surface area contributed by atoms with E-state index in [4.69, 9.17) is 5.73 Å². The molecule has 1 saturated heterocycles. The van der Waals surface area contributed by atoms with Crippen LogP contribution in [0.1, 0.15) is 12.0 Å². The van der Waals surface area contributed by atoms with Crippen molar-refractivity contribution >= 4 is 5.69 Å². The van der Waals surface area contributed by atoms with Crippen molar-refractivity contribution < 1.29 is 0 Å². The van der Waals surface area contributed by atoms with Gasteiger partial charge in [0.05, 0.1) is 0 Å². The predicted octanol–water partition coefficient (Wildman–Crippen LogP) is 1.15. The van der Waals surface area contributed by atoms with Crippen molar-refractivity contribution in [3.63, 3.8) is 0 Å². The zero-order chi connectivity index (χ0) is 8.84. The Kier molecular flexibility index (Phi) is 1.41. The van der Waals surface area contributed by atoms with Gasteiger partial charge in [-0.15, -0.1) is 0 Å². The lowest BCUT2D eigenvalue weighted by atomic mass is 10.0. The number of para-hydroxylation sites is 1. The van der Waals surface area contributed by atoms with E-state index in [-0.39, 0.29) is 0 Å². The highest BCUT2D eigenvalue weighted by atomic mass is 15.2. The zero-order valence-electron chi connectivity index (χ0n) is 7.61. The van der Waals surface area contributed by atoms with E-state index < -0.39 is 0 Å². The van der Waals surface area contributed by atoms with Crippen LogP contribution in [0.5, 0.6) is 0 Å². The van der Waals surface area contributed by atoms with Crippen LogP contribution in [0.2, 0.25) is 0 Å². The number of hydrogen-bond acceptors (Lipinski definition) is 2. The molecule has 1 aromatic rings. The Morgan fingerprint density at radius 2 is 2.15 bits per heavy atom. The first-order valence-electron chi connectivity index (χ1n) is 4.96. The summed E-state index contributed by atoms with van der Waals surface area (Å²) in [7, 11) is 0. The molecule has 0 radical (unpaired) electrons. The topological polar surface area (TPSA) is 29.3 Å². The van der Waals surface area contributed by atoms with Gasteiger partial charge in [-0.2, -0.15) is 0 Å². The van der Waals surface area contributed by atoms with Crippen LogP contribution in [0.3, 0.4) is 0 Å². The lowest BCUT2D eigenvalue weighted by Crippen LogP contribution is -2.36. The molecule has 2 aliphatic heterocycles. The Labute approximate surface area is 78.3 Å². The summed E-state index contributed by atoms with van der Waals surface area (Å²) in [6.45, 7) is 1.14. The lowest BCUT2D eigenvalue weighted by Gasteiger charge is -2.20. The van der Waals surface area contributed by atoms with E-state index in [1.807, 2.05) is 0 Å². The molecule has 13 heavy (non-hydrogen) atoms. The number of benzene rings is 1. The van der Waals surface area contributed by atoms with Gasteiger partial charge in [0.25, 0.3) is 0 Å². The lowest BCUT2D eigenvalue weighted by molar-refractivity contribution is 0.600. The molecule has 2 aliphatic rings. The number of nitrogens with two attached hydrogens (primary N) is 1. The van der Waals surface area contributed by atoms with Gasteiger partial charge in [0, 0.05) is 24.3 Å². The molecule has 0 amide bonds. The van der Waals surface area contributed by atoms with Crippen LogP contribution >= 0.6 is 0 Å². The predicted molar refractivity (Wildman–Crippen MR) is 53.9 cm³/mol. The van der Waals surface area contributed by atoms with E-state index >= 15 is 0 Å². The maximum absolute atomic E-state index is 6.06. The largest absolute Gasteiger partial charge is 0.366 e. The highest BCUT2D eigenvalue weighted by molar-refractivity contribution is 5.60. The second-order valence-corrected chi connectivity index (χ2v) is 4.05. The average Bonchev–Trinajstić information content (AvgIpc) is 2.67. The minimum absolute atomic E-state index is 0.382. The van der Waals surface area contributed by atoms with Gasteiger partial charge >= 0.3 is 0 Å². The average molecular weight is 174 g/mol. The molecular formula is C11H14N2. The normalized spacial score (nSPS) is 30.4. The third-order valence-corrected chi connectivity index (χ3v) is 3.33. The van der Waals surface area contributed by atoms with Crippen LogP contribution in [-0.2, 0) is 6.42 Å². The summed E-state index contributed by atoms with van der Waals surface area (Å²) >= 11 is 0. The van der Waals surface area contributed by atoms with Gasteiger partial charge in [0.2, 0.25) is 0 Å². The van der Waals surface area contributed by atoms with Crippen molar-refractivity contribution in [1.82, 2.24) is 0 Å². The number of fused-ring (bicyclic) bond motifs is 3. The molecule has 1 aromatic carbocycles. The molecule has 0 spiro atoms. The molecule has 2 heteroatoms. The van der Waals surface area contributed by atoms with E-state index in [1.165, 1.54) is 11.3 Å². The van der Waals surface area contributed by atoms with E-state index in [1.54, 1.807) is 0 Å². The van der Waals surface area contributed by atoms with Gasteiger partial charge in [-0.05, 0) is 24.5 Å². The molecule has 2 unspecified atom stereocenters. The first-order valence-corrected chi connectivity index (χ1v) is 4.96. The second-order valence-electron chi connectivity index (χ2n) is 4.05. The number of anilines is 1. The fraction of sp³-hybridized carbons (Fsp3) is 0.455. The maximum Gasteiger partial charge on any atom is 0.0482 e. The highest BCUT2D eigenvalue weighted by Gasteiger charge is 2.37. The summed E-state index contributed by atoms with van der Waals surface area (Å²) in [6, 6.07) is 9.63. The molecule has 3 rings (SSSR count). The van der Waals surface area contributed by atoms with E-state index in [9.17, 15) is 0 Å². The zero-order valence-corrected chi connectivity index (χ0v) is 7.61. The third-order valence-electron chi connectivity index (χ3n) is 3.33. The van der Waals surface area contributed by atoms with Crippen LogP contribution in [0, 0.1) is 0 Å². The van der Waals surface area contributed by atoms with Crippen LogP contribution in [-0.4, -0.2) is 18.6 Å². The number of hydrogen-bond donors (Lipinski definition) is 1. The molecule has 0 aliphatic carbocycles. The fourth-order valence-electron chi connectivity index (χ4n) is 2.63. The molecule has 1 fully saturated rings. The van der Waals surface area contributed by atoms with Crippen molar-refractivity contribution in [2.75, 3.05) is 11.4 Å². The maximum atomic E-state index is 6.06. The molecular weight excluding hydrogens is 160 g/mol. The quantitative estimate of drug-likeness (QED) is 0.639. The summed E-state index contributed by atoms with van der Waals surface area (Å²) in [5.74, 6) is 0. The fourth-order valence-corrected chi connectivity index (χ4v) is 2.63.